The van der Waals surface area contributed by atoms with Crippen LogP contribution in [-0.2, 0) is 19.3 Å². The van der Waals surface area contributed by atoms with Gasteiger partial charge in [0.25, 0.3) is 0 Å². The SMILES string of the molecule is C=C(C)C1=C(C)C[C@@]2(C)C[C@@]3(C)Cc4c(/C=C\Cc5cccc(CC)c5C)ccc(C)c4C(=C)C3=C(C)[C@@]2(C)C1=C. The molecule has 0 aliphatic heterocycles. The third-order valence-electron chi connectivity index (χ3n) is 11.4. The van der Waals surface area contributed by atoms with Crippen molar-refractivity contribution in [3.05, 3.63) is 129 Å². The molecule has 0 heteroatoms. The zero-order chi connectivity index (χ0) is 30.1. The van der Waals surface area contributed by atoms with Crippen molar-refractivity contribution < 1.29 is 0 Å². The van der Waals surface area contributed by atoms with Gasteiger partial charge in [0.15, 0.2) is 0 Å². The van der Waals surface area contributed by atoms with Crippen molar-refractivity contribution in [3.8, 4) is 0 Å². The largest absolute Gasteiger partial charge is 0.0955 e. The predicted molar refractivity (Wildman–Crippen MR) is 180 cm³/mol. The summed E-state index contributed by atoms with van der Waals surface area (Å²) in [6.45, 7) is 35.0. The topological polar surface area (TPSA) is 0 Å². The van der Waals surface area contributed by atoms with E-state index in [1.165, 1.54) is 72.4 Å². The second-order valence-corrected chi connectivity index (χ2v) is 14.2. The Labute approximate surface area is 250 Å². The highest BCUT2D eigenvalue weighted by Gasteiger charge is 2.59. The molecule has 3 atom stereocenters. The number of rotatable bonds is 5. The molecule has 0 spiro atoms. The standard InChI is InChI=1S/C41H50/c1-13-32-16-14-17-33(28(32)6)18-15-19-34-21-20-26(4)37-29(7)38-31(9)41(12)30(8)36(25(2)3)27(5)22-40(41,11)24-39(38,10)23-35(34)37/h14-17,19-21H,2,7-8,13,18,22-24H2,1,3-6,9-12H3/b19-15-/t39-,40+,41-/m1/s1. The molecule has 0 unspecified atom stereocenters. The van der Waals surface area contributed by atoms with Gasteiger partial charge in [-0.3, -0.25) is 0 Å². The second-order valence-electron chi connectivity index (χ2n) is 14.2. The van der Waals surface area contributed by atoms with Crippen molar-refractivity contribution in [1.29, 1.82) is 0 Å². The smallest absolute Gasteiger partial charge is 0.0194 e. The third-order valence-corrected chi connectivity index (χ3v) is 11.4. The van der Waals surface area contributed by atoms with Gasteiger partial charge in [0.05, 0.1) is 0 Å². The molecule has 0 N–H and O–H groups in total. The first-order valence-electron chi connectivity index (χ1n) is 15.5. The van der Waals surface area contributed by atoms with Crippen molar-refractivity contribution in [1.82, 2.24) is 0 Å². The molecule has 0 amide bonds. The van der Waals surface area contributed by atoms with E-state index in [4.69, 9.17) is 13.2 Å². The fraction of sp³-hybridized carbons (Fsp3) is 0.415. The van der Waals surface area contributed by atoms with E-state index < -0.39 is 0 Å². The van der Waals surface area contributed by atoms with Crippen LogP contribution in [0.15, 0.2) is 89.6 Å². The van der Waals surface area contributed by atoms with E-state index >= 15 is 0 Å². The molecule has 0 saturated heterocycles. The molecule has 0 nitrogen and oxygen atoms in total. The lowest BCUT2D eigenvalue weighted by atomic mass is 9.41. The lowest BCUT2D eigenvalue weighted by Gasteiger charge is -2.62. The number of hydrogen-bond acceptors (Lipinski definition) is 0. The Balaban J connectivity index is 1.61. The van der Waals surface area contributed by atoms with Gasteiger partial charge >= 0.3 is 0 Å². The van der Waals surface area contributed by atoms with Crippen LogP contribution in [0.4, 0.5) is 0 Å². The molecule has 0 aromatic heterocycles. The lowest BCUT2D eigenvalue weighted by molar-refractivity contribution is 0.0544. The van der Waals surface area contributed by atoms with E-state index in [0.29, 0.717) is 0 Å². The van der Waals surface area contributed by atoms with Crippen molar-refractivity contribution >= 4 is 11.6 Å². The van der Waals surface area contributed by atoms with Gasteiger partial charge in [-0.05, 0) is 139 Å². The Kier molecular flexibility index (Phi) is 7.17. The monoisotopic (exact) mass is 542 g/mol. The number of benzene rings is 2. The summed E-state index contributed by atoms with van der Waals surface area (Å²) in [6.07, 6.45) is 10.0. The van der Waals surface area contributed by atoms with Crippen molar-refractivity contribution in [3.63, 3.8) is 0 Å². The van der Waals surface area contributed by atoms with Gasteiger partial charge in [0.2, 0.25) is 0 Å². The van der Waals surface area contributed by atoms with Crippen LogP contribution >= 0.6 is 0 Å². The van der Waals surface area contributed by atoms with E-state index in [0.717, 1.165) is 37.7 Å². The summed E-state index contributed by atoms with van der Waals surface area (Å²) >= 11 is 0. The first-order valence-corrected chi connectivity index (χ1v) is 15.5. The van der Waals surface area contributed by atoms with Crippen LogP contribution in [0.2, 0.25) is 0 Å². The Bertz CT molecular complexity index is 1600. The van der Waals surface area contributed by atoms with Gasteiger partial charge in [-0.15, -0.1) is 0 Å². The predicted octanol–water partition coefficient (Wildman–Crippen LogP) is 11.3. The summed E-state index contributed by atoms with van der Waals surface area (Å²) in [7, 11) is 0. The van der Waals surface area contributed by atoms with Crippen LogP contribution in [0.1, 0.15) is 100 Å². The molecule has 0 radical (unpaired) electrons. The van der Waals surface area contributed by atoms with Crippen LogP contribution < -0.4 is 0 Å². The molecule has 3 aliphatic carbocycles. The van der Waals surface area contributed by atoms with E-state index in [-0.39, 0.29) is 16.2 Å². The zero-order valence-corrected chi connectivity index (χ0v) is 27.2. The van der Waals surface area contributed by atoms with Gasteiger partial charge in [-0.2, -0.15) is 0 Å². The second kappa shape index (κ2) is 10.0. The highest BCUT2D eigenvalue weighted by atomic mass is 14.6. The van der Waals surface area contributed by atoms with Crippen LogP contribution in [0, 0.1) is 30.1 Å². The Morgan fingerprint density at radius 1 is 0.951 bits per heavy atom. The molecule has 214 valence electrons. The average Bonchev–Trinajstić information content (AvgIpc) is 2.88. The van der Waals surface area contributed by atoms with Crippen molar-refractivity contribution in [2.45, 2.75) is 94.4 Å². The molecule has 41 heavy (non-hydrogen) atoms. The van der Waals surface area contributed by atoms with Crippen molar-refractivity contribution in [2.24, 2.45) is 16.2 Å². The molecule has 0 saturated carbocycles. The van der Waals surface area contributed by atoms with Crippen LogP contribution in [-0.4, -0.2) is 0 Å². The molecule has 0 heterocycles. The first-order chi connectivity index (χ1) is 19.2. The molecule has 0 fully saturated rings. The van der Waals surface area contributed by atoms with Crippen LogP contribution in [0.3, 0.4) is 0 Å². The minimum Gasteiger partial charge on any atom is -0.0955 e. The maximum Gasteiger partial charge on any atom is 0.0194 e. The minimum absolute atomic E-state index is 0.0339. The van der Waals surface area contributed by atoms with Gasteiger partial charge in [0.1, 0.15) is 0 Å². The number of fused-ring (bicyclic) bond motifs is 3. The fourth-order valence-corrected chi connectivity index (χ4v) is 9.37. The van der Waals surface area contributed by atoms with Crippen molar-refractivity contribution in [2.75, 3.05) is 0 Å². The maximum absolute atomic E-state index is 4.84. The minimum atomic E-state index is -0.119. The number of hydrogen-bond donors (Lipinski definition) is 0. The van der Waals surface area contributed by atoms with E-state index in [9.17, 15) is 0 Å². The fourth-order valence-electron chi connectivity index (χ4n) is 9.37. The summed E-state index contributed by atoms with van der Waals surface area (Å²) in [5.41, 5.74) is 19.1. The maximum atomic E-state index is 4.84. The summed E-state index contributed by atoms with van der Waals surface area (Å²) in [4.78, 5) is 0. The van der Waals surface area contributed by atoms with E-state index in [1.54, 1.807) is 0 Å². The summed E-state index contributed by atoms with van der Waals surface area (Å²) in [6, 6.07) is 11.4. The van der Waals surface area contributed by atoms with Gasteiger partial charge in [0, 0.05) is 5.41 Å². The summed E-state index contributed by atoms with van der Waals surface area (Å²) in [5, 5.41) is 0. The Morgan fingerprint density at radius 2 is 1.63 bits per heavy atom. The molecule has 5 rings (SSSR count). The highest BCUT2D eigenvalue weighted by molar-refractivity contribution is 5.88. The molecule has 0 bridgehead atoms. The number of aryl methyl sites for hydroxylation is 2. The van der Waals surface area contributed by atoms with Crippen LogP contribution in [0.25, 0.3) is 11.6 Å². The zero-order valence-electron chi connectivity index (χ0n) is 27.2. The van der Waals surface area contributed by atoms with Gasteiger partial charge in [-0.1, -0.05) is 107 Å². The van der Waals surface area contributed by atoms with E-state index in [1.807, 2.05) is 0 Å². The number of allylic oxidation sites excluding steroid dienone is 8. The van der Waals surface area contributed by atoms with Gasteiger partial charge in [-0.25, -0.2) is 0 Å². The Hall–Kier alpha value is -3.12. The highest BCUT2D eigenvalue weighted by Crippen LogP contribution is 2.70. The van der Waals surface area contributed by atoms with Crippen LogP contribution in [0.5, 0.6) is 0 Å². The third kappa shape index (κ3) is 4.24. The van der Waals surface area contributed by atoms with E-state index in [2.05, 4.69) is 111 Å². The Morgan fingerprint density at radius 3 is 2.29 bits per heavy atom. The van der Waals surface area contributed by atoms with Gasteiger partial charge < -0.3 is 0 Å². The molecular weight excluding hydrogens is 492 g/mol. The normalized spacial score (nSPS) is 27.7. The molecule has 3 aliphatic rings. The molecular formula is C41H50. The molecule has 2 aromatic carbocycles. The average molecular weight is 543 g/mol. The quantitative estimate of drug-likeness (QED) is 0.352. The summed E-state index contributed by atoms with van der Waals surface area (Å²) in [5.74, 6) is 0. The first kappa shape index (κ1) is 29.4. The summed E-state index contributed by atoms with van der Waals surface area (Å²) < 4.78 is 0. The molecule has 2 aromatic rings. The lowest BCUT2D eigenvalue weighted by Crippen LogP contribution is -2.52.